The minimum absolute atomic E-state index is 0.0312. The van der Waals surface area contributed by atoms with Crippen molar-refractivity contribution in [2.24, 2.45) is 5.92 Å². The van der Waals surface area contributed by atoms with E-state index in [0.717, 1.165) is 5.69 Å². The number of carbonyl (C=O) groups is 2. The molecule has 0 atom stereocenters. The van der Waals surface area contributed by atoms with Crippen LogP contribution in [0, 0.1) is 5.92 Å². The van der Waals surface area contributed by atoms with Crippen LogP contribution in [-0.2, 0) is 4.79 Å². The summed E-state index contributed by atoms with van der Waals surface area (Å²) in [5.74, 6) is -0.0935. The van der Waals surface area contributed by atoms with Crippen LogP contribution in [0.5, 0.6) is 0 Å². The van der Waals surface area contributed by atoms with Gasteiger partial charge in [0.25, 0.3) is 0 Å². The molecule has 3 amide bonds. The van der Waals surface area contributed by atoms with E-state index >= 15 is 0 Å². The number of benzene rings is 1. The van der Waals surface area contributed by atoms with Crippen LogP contribution in [0.2, 0.25) is 0 Å². The molecule has 0 bridgehead atoms. The molecule has 122 valence electrons. The largest absolute Gasteiger partial charge is 0.354 e. The highest BCUT2D eigenvalue weighted by atomic mass is 16.2. The predicted molar refractivity (Wildman–Crippen MR) is 88.4 cm³/mol. The van der Waals surface area contributed by atoms with Crippen LogP contribution in [0.3, 0.4) is 0 Å². The van der Waals surface area contributed by atoms with Gasteiger partial charge in [-0.25, -0.2) is 9.48 Å². The van der Waals surface area contributed by atoms with Gasteiger partial charge in [-0.2, -0.15) is 5.10 Å². The second-order valence-corrected chi connectivity index (χ2v) is 5.34. The summed E-state index contributed by atoms with van der Waals surface area (Å²) in [7, 11) is 0. The van der Waals surface area contributed by atoms with E-state index in [2.05, 4.69) is 21.0 Å². The van der Waals surface area contributed by atoms with Crippen LogP contribution in [0.1, 0.15) is 13.8 Å². The van der Waals surface area contributed by atoms with Gasteiger partial charge < -0.3 is 16.0 Å². The zero-order valence-electron chi connectivity index (χ0n) is 13.2. The fourth-order valence-corrected chi connectivity index (χ4v) is 1.85. The topological polar surface area (TPSA) is 88.1 Å². The van der Waals surface area contributed by atoms with Gasteiger partial charge in [-0.15, -0.1) is 0 Å². The molecule has 0 unspecified atom stereocenters. The van der Waals surface area contributed by atoms with Crippen molar-refractivity contribution in [3.05, 3.63) is 42.7 Å². The number of hydrogen-bond donors (Lipinski definition) is 3. The Morgan fingerprint density at radius 2 is 1.83 bits per heavy atom. The molecule has 0 aliphatic carbocycles. The number of aromatic nitrogens is 2. The van der Waals surface area contributed by atoms with E-state index in [1.54, 1.807) is 17.1 Å². The van der Waals surface area contributed by atoms with Crippen LogP contribution in [0.4, 0.5) is 10.5 Å². The maximum absolute atomic E-state index is 11.8. The molecule has 7 heteroatoms. The van der Waals surface area contributed by atoms with Crippen LogP contribution in [0.25, 0.3) is 5.69 Å². The number of urea groups is 1. The second-order valence-electron chi connectivity index (χ2n) is 5.34. The third-order valence-electron chi connectivity index (χ3n) is 3.10. The number of amides is 3. The number of para-hydroxylation sites is 1. The molecular formula is C16H21N5O2. The van der Waals surface area contributed by atoms with Crippen molar-refractivity contribution < 1.29 is 9.59 Å². The third kappa shape index (κ3) is 5.14. The van der Waals surface area contributed by atoms with Crippen molar-refractivity contribution in [2.75, 3.05) is 18.4 Å². The average molecular weight is 315 g/mol. The first kappa shape index (κ1) is 16.5. The fraction of sp³-hybridized carbons (Fsp3) is 0.312. The van der Waals surface area contributed by atoms with Crippen molar-refractivity contribution in [2.45, 2.75) is 13.8 Å². The van der Waals surface area contributed by atoms with Gasteiger partial charge in [-0.3, -0.25) is 4.79 Å². The van der Waals surface area contributed by atoms with Gasteiger partial charge >= 0.3 is 6.03 Å². The minimum atomic E-state index is -0.337. The Bertz CT molecular complexity index is 652. The summed E-state index contributed by atoms with van der Waals surface area (Å²) >= 11 is 0. The molecule has 3 N–H and O–H groups in total. The Labute approximate surface area is 135 Å². The van der Waals surface area contributed by atoms with Gasteiger partial charge in [0, 0.05) is 19.0 Å². The number of nitrogens with zero attached hydrogens (tertiary/aromatic N) is 2. The first-order chi connectivity index (χ1) is 11.1. The average Bonchev–Trinajstić information content (AvgIpc) is 3.00. The molecule has 0 saturated heterocycles. The van der Waals surface area contributed by atoms with Crippen molar-refractivity contribution in [3.8, 4) is 5.69 Å². The molecule has 1 heterocycles. The quantitative estimate of drug-likeness (QED) is 0.710. The molecule has 23 heavy (non-hydrogen) atoms. The second kappa shape index (κ2) is 7.98. The van der Waals surface area contributed by atoms with Gasteiger partial charge in [0.05, 0.1) is 23.8 Å². The molecule has 1 aromatic heterocycles. The molecule has 0 spiro atoms. The van der Waals surface area contributed by atoms with Crippen molar-refractivity contribution in [3.63, 3.8) is 0 Å². The number of rotatable bonds is 6. The Hall–Kier alpha value is -2.83. The zero-order chi connectivity index (χ0) is 16.7. The molecule has 0 saturated carbocycles. The van der Waals surface area contributed by atoms with Gasteiger partial charge in [0.1, 0.15) is 0 Å². The summed E-state index contributed by atoms with van der Waals surface area (Å²) in [5.41, 5.74) is 1.51. The zero-order valence-corrected chi connectivity index (χ0v) is 13.2. The molecule has 0 radical (unpaired) electrons. The Balaban J connectivity index is 1.76. The normalized spacial score (nSPS) is 10.4. The predicted octanol–water partition coefficient (Wildman–Crippen LogP) is 1.77. The van der Waals surface area contributed by atoms with Gasteiger partial charge in [0.2, 0.25) is 5.91 Å². The van der Waals surface area contributed by atoms with E-state index in [0.29, 0.717) is 18.8 Å². The highest BCUT2D eigenvalue weighted by Gasteiger charge is 2.07. The molecular weight excluding hydrogens is 294 g/mol. The van der Waals surface area contributed by atoms with Crippen LogP contribution < -0.4 is 16.0 Å². The van der Waals surface area contributed by atoms with E-state index in [1.165, 1.54) is 0 Å². The lowest BCUT2D eigenvalue weighted by Gasteiger charge is -2.09. The molecule has 0 aliphatic rings. The summed E-state index contributed by atoms with van der Waals surface area (Å²) in [6.45, 7) is 4.39. The number of carbonyl (C=O) groups excluding carboxylic acids is 2. The lowest BCUT2D eigenvalue weighted by atomic mass is 10.2. The van der Waals surface area contributed by atoms with Gasteiger partial charge in [0.15, 0.2) is 0 Å². The van der Waals surface area contributed by atoms with E-state index in [9.17, 15) is 9.59 Å². The van der Waals surface area contributed by atoms with Gasteiger partial charge in [-0.1, -0.05) is 32.0 Å². The summed E-state index contributed by atoms with van der Waals surface area (Å²) < 4.78 is 1.68. The van der Waals surface area contributed by atoms with E-state index in [-0.39, 0.29) is 17.9 Å². The Kier molecular flexibility index (Phi) is 5.74. The Morgan fingerprint density at radius 1 is 1.13 bits per heavy atom. The van der Waals surface area contributed by atoms with E-state index in [4.69, 9.17) is 0 Å². The monoisotopic (exact) mass is 315 g/mol. The van der Waals surface area contributed by atoms with E-state index in [1.807, 2.05) is 44.2 Å². The van der Waals surface area contributed by atoms with Crippen molar-refractivity contribution in [1.29, 1.82) is 0 Å². The molecule has 7 nitrogen and oxygen atoms in total. The van der Waals surface area contributed by atoms with Crippen LogP contribution in [-0.4, -0.2) is 34.8 Å². The summed E-state index contributed by atoms with van der Waals surface area (Å²) in [5, 5.41) is 12.3. The first-order valence-corrected chi connectivity index (χ1v) is 7.49. The first-order valence-electron chi connectivity index (χ1n) is 7.49. The number of nitrogens with one attached hydrogen (secondary N) is 3. The van der Waals surface area contributed by atoms with Crippen LogP contribution in [0.15, 0.2) is 42.7 Å². The number of hydrogen-bond acceptors (Lipinski definition) is 3. The summed E-state index contributed by atoms with van der Waals surface area (Å²) in [6, 6.07) is 9.28. The molecule has 0 aliphatic heterocycles. The number of anilines is 1. The fourth-order valence-electron chi connectivity index (χ4n) is 1.85. The lowest BCUT2D eigenvalue weighted by Crippen LogP contribution is -2.38. The maximum Gasteiger partial charge on any atom is 0.319 e. The third-order valence-corrected chi connectivity index (χ3v) is 3.10. The summed E-state index contributed by atoms with van der Waals surface area (Å²) in [6.07, 6.45) is 3.31. The summed E-state index contributed by atoms with van der Waals surface area (Å²) in [4.78, 5) is 23.1. The molecule has 2 aromatic rings. The van der Waals surface area contributed by atoms with E-state index < -0.39 is 0 Å². The maximum atomic E-state index is 11.8. The molecule has 1 aromatic carbocycles. The minimum Gasteiger partial charge on any atom is -0.354 e. The van der Waals surface area contributed by atoms with Crippen molar-refractivity contribution in [1.82, 2.24) is 20.4 Å². The molecule has 0 fully saturated rings. The Morgan fingerprint density at radius 3 is 2.52 bits per heavy atom. The highest BCUT2D eigenvalue weighted by Crippen LogP contribution is 2.10. The highest BCUT2D eigenvalue weighted by molar-refractivity contribution is 5.89. The SMILES string of the molecule is CC(C)C(=O)NCCNC(=O)Nc1cnn(-c2ccccc2)c1. The van der Waals surface area contributed by atoms with Gasteiger partial charge in [-0.05, 0) is 12.1 Å². The smallest absolute Gasteiger partial charge is 0.319 e. The lowest BCUT2D eigenvalue weighted by molar-refractivity contribution is -0.123. The van der Waals surface area contributed by atoms with Crippen LogP contribution >= 0.6 is 0 Å². The van der Waals surface area contributed by atoms with Crippen molar-refractivity contribution >= 4 is 17.6 Å². The standard InChI is InChI=1S/C16H21N5O2/c1-12(2)15(22)17-8-9-18-16(23)20-13-10-19-21(11-13)14-6-4-3-5-7-14/h3-7,10-12H,8-9H2,1-2H3,(H,17,22)(H2,18,20,23). The molecule has 2 rings (SSSR count).